The maximum Gasteiger partial charge on any atom is 0.337 e. The number of anilines is 1. The summed E-state index contributed by atoms with van der Waals surface area (Å²) in [4.78, 5) is 11.4. The maximum atomic E-state index is 11.4. The van der Waals surface area contributed by atoms with Gasteiger partial charge in [0.2, 0.25) is 0 Å². The molecule has 1 aliphatic heterocycles. The van der Waals surface area contributed by atoms with E-state index in [1.54, 1.807) is 13.2 Å². The highest BCUT2D eigenvalue weighted by Crippen LogP contribution is 2.24. The van der Waals surface area contributed by atoms with Gasteiger partial charge in [0.05, 0.1) is 18.8 Å². The number of carbonyl (C=O) groups is 1. The molecule has 1 heterocycles. The van der Waals surface area contributed by atoms with Crippen molar-refractivity contribution in [1.82, 2.24) is 0 Å². The fourth-order valence-electron chi connectivity index (χ4n) is 1.89. The van der Waals surface area contributed by atoms with Gasteiger partial charge in [0.25, 0.3) is 0 Å². The number of hydrogen-bond acceptors (Lipinski definition) is 4. The first-order chi connectivity index (χ1) is 7.74. The van der Waals surface area contributed by atoms with Crippen LogP contribution in [0.3, 0.4) is 0 Å². The van der Waals surface area contributed by atoms with Gasteiger partial charge < -0.3 is 14.8 Å². The molecule has 0 fully saturated rings. The summed E-state index contributed by atoms with van der Waals surface area (Å²) in [7, 11) is 3.08. The first kappa shape index (κ1) is 11.0. The minimum Gasteiger partial charge on any atom is -0.465 e. The van der Waals surface area contributed by atoms with E-state index in [-0.39, 0.29) is 12.1 Å². The number of methoxy groups -OCH3 is 2. The molecule has 0 saturated heterocycles. The van der Waals surface area contributed by atoms with Crippen LogP contribution in [0.5, 0.6) is 0 Å². The lowest BCUT2D eigenvalue weighted by Crippen LogP contribution is -2.29. The molecule has 0 spiro atoms. The number of ether oxygens (including phenoxy) is 2. The third-order valence-electron chi connectivity index (χ3n) is 2.83. The number of hydrogen-bond donors (Lipinski definition) is 1. The summed E-state index contributed by atoms with van der Waals surface area (Å²) in [6, 6.07) is 5.54. The highest BCUT2D eigenvalue weighted by Gasteiger charge is 2.19. The molecule has 0 aliphatic carbocycles. The molecule has 86 valence electrons. The van der Waals surface area contributed by atoms with Crippen molar-refractivity contribution in [2.24, 2.45) is 0 Å². The van der Waals surface area contributed by atoms with E-state index in [0.717, 1.165) is 24.2 Å². The normalized spacial score (nSPS) is 18.5. The molecule has 0 aromatic heterocycles. The summed E-state index contributed by atoms with van der Waals surface area (Å²) in [5.41, 5.74) is 2.75. The van der Waals surface area contributed by atoms with E-state index in [9.17, 15) is 4.79 Å². The standard InChI is InChI=1S/C12H15NO3/c1-15-10-6-9-5-8(12(14)16-2)3-4-11(9)13-7-10/h3-5,10,13H,6-7H2,1-2H3. The molecule has 16 heavy (non-hydrogen) atoms. The van der Waals surface area contributed by atoms with Crippen molar-refractivity contribution in [3.8, 4) is 0 Å². The van der Waals surface area contributed by atoms with Gasteiger partial charge >= 0.3 is 5.97 Å². The molecule has 0 saturated carbocycles. The lowest BCUT2D eigenvalue weighted by molar-refractivity contribution is 0.0600. The lowest BCUT2D eigenvalue weighted by atomic mass is 9.99. The lowest BCUT2D eigenvalue weighted by Gasteiger charge is -2.25. The van der Waals surface area contributed by atoms with Crippen molar-refractivity contribution in [2.45, 2.75) is 12.5 Å². The van der Waals surface area contributed by atoms with Crippen LogP contribution >= 0.6 is 0 Å². The molecule has 4 nitrogen and oxygen atoms in total. The Labute approximate surface area is 94.6 Å². The smallest absolute Gasteiger partial charge is 0.337 e. The van der Waals surface area contributed by atoms with Gasteiger partial charge in [-0.2, -0.15) is 0 Å². The van der Waals surface area contributed by atoms with Crippen molar-refractivity contribution in [3.63, 3.8) is 0 Å². The van der Waals surface area contributed by atoms with E-state index in [1.807, 2.05) is 12.1 Å². The Morgan fingerprint density at radius 2 is 2.25 bits per heavy atom. The van der Waals surface area contributed by atoms with Crippen LogP contribution in [0, 0.1) is 0 Å². The van der Waals surface area contributed by atoms with Crippen molar-refractivity contribution in [3.05, 3.63) is 29.3 Å². The van der Waals surface area contributed by atoms with Crippen LogP contribution in [-0.2, 0) is 15.9 Å². The first-order valence-corrected chi connectivity index (χ1v) is 5.22. The van der Waals surface area contributed by atoms with Crippen molar-refractivity contribution in [1.29, 1.82) is 0 Å². The van der Waals surface area contributed by atoms with Crippen molar-refractivity contribution >= 4 is 11.7 Å². The minimum atomic E-state index is -0.303. The van der Waals surface area contributed by atoms with Gasteiger partial charge in [-0.3, -0.25) is 0 Å². The monoisotopic (exact) mass is 221 g/mol. The van der Waals surface area contributed by atoms with Crippen LogP contribution in [0.4, 0.5) is 5.69 Å². The van der Waals surface area contributed by atoms with Gasteiger partial charge in [-0.05, 0) is 23.8 Å². The van der Waals surface area contributed by atoms with Crippen molar-refractivity contribution < 1.29 is 14.3 Å². The average molecular weight is 221 g/mol. The van der Waals surface area contributed by atoms with E-state index in [0.29, 0.717) is 5.56 Å². The molecule has 1 aromatic rings. The number of rotatable bonds is 2. The van der Waals surface area contributed by atoms with E-state index in [1.165, 1.54) is 7.11 Å². The Morgan fingerprint density at radius 3 is 2.94 bits per heavy atom. The Morgan fingerprint density at radius 1 is 1.44 bits per heavy atom. The quantitative estimate of drug-likeness (QED) is 0.768. The predicted molar refractivity (Wildman–Crippen MR) is 60.8 cm³/mol. The summed E-state index contributed by atoms with van der Waals surface area (Å²) in [5.74, 6) is -0.303. The van der Waals surface area contributed by atoms with Gasteiger partial charge in [0.15, 0.2) is 0 Å². The SMILES string of the molecule is COC(=O)c1ccc2c(c1)CC(OC)CN2. The van der Waals surface area contributed by atoms with Crippen LogP contribution in [0.2, 0.25) is 0 Å². The molecule has 2 rings (SSSR count). The first-order valence-electron chi connectivity index (χ1n) is 5.22. The zero-order chi connectivity index (χ0) is 11.5. The molecule has 1 N–H and O–H groups in total. The van der Waals surface area contributed by atoms with Crippen LogP contribution in [0.15, 0.2) is 18.2 Å². The summed E-state index contributed by atoms with van der Waals surface area (Å²) < 4.78 is 9.99. The van der Waals surface area contributed by atoms with Crippen LogP contribution in [0.25, 0.3) is 0 Å². The summed E-state index contributed by atoms with van der Waals surface area (Å²) in [5, 5.41) is 3.27. The summed E-state index contributed by atoms with van der Waals surface area (Å²) in [6.07, 6.45) is 0.990. The third-order valence-corrected chi connectivity index (χ3v) is 2.83. The zero-order valence-corrected chi connectivity index (χ0v) is 9.45. The number of carbonyl (C=O) groups excluding carboxylic acids is 1. The Kier molecular flexibility index (Phi) is 3.10. The molecule has 0 radical (unpaired) electrons. The highest BCUT2D eigenvalue weighted by atomic mass is 16.5. The third kappa shape index (κ3) is 2.02. The van der Waals surface area contributed by atoms with Crippen LogP contribution < -0.4 is 5.32 Å². The second-order valence-corrected chi connectivity index (χ2v) is 3.81. The fraction of sp³-hybridized carbons (Fsp3) is 0.417. The average Bonchev–Trinajstić information content (AvgIpc) is 2.36. The molecule has 0 bridgehead atoms. The largest absolute Gasteiger partial charge is 0.465 e. The maximum absolute atomic E-state index is 11.4. The van der Waals surface area contributed by atoms with Gasteiger partial charge in [-0.1, -0.05) is 0 Å². The zero-order valence-electron chi connectivity index (χ0n) is 9.45. The second kappa shape index (κ2) is 4.53. The van der Waals surface area contributed by atoms with Crippen LogP contribution in [-0.4, -0.2) is 32.8 Å². The van der Waals surface area contributed by atoms with Gasteiger partial charge in [-0.15, -0.1) is 0 Å². The molecular weight excluding hydrogens is 206 g/mol. The highest BCUT2D eigenvalue weighted by molar-refractivity contribution is 5.90. The van der Waals surface area contributed by atoms with Gasteiger partial charge in [-0.25, -0.2) is 4.79 Å². The van der Waals surface area contributed by atoms with Gasteiger partial charge in [0, 0.05) is 25.8 Å². The second-order valence-electron chi connectivity index (χ2n) is 3.81. The molecule has 1 unspecified atom stereocenters. The van der Waals surface area contributed by atoms with Gasteiger partial charge in [0.1, 0.15) is 0 Å². The Hall–Kier alpha value is -1.55. The molecule has 1 aliphatic rings. The Bertz CT molecular complexity index is 403. The number of nitrogens with one attached hydrogen (secondary N) is 1. The topological polar surface area (TPSA) is 47.6 Å². The number of esters is 1. The molecule has 0 amide bonds. The van der Waals surface area contributed by atoms with Crippen LogP contribution in [0.1, 0.15) is 15.9 Å². The minimum absolute atomic E-state index is 0.167. The van der Waals surface area contributed by atoms with Crippen molar-refractivity contribution in [2.75, 3.05) is 26.1 Å². The molecular formula is C12H15NO3. The van der Waals surface area contributed by atoms with E-state index in [4.69, 9.17) is 4.74 Å². The van der Waals surface area contributed by atoms with E-state index >= 15 is 0 Å². The number of fused-ring (bicyclic) bond motifs is 1. The fourth-order valence-corrected chi connectivity index (χ4v) is 1.89. The molecule has 4 heteroatoms. The summed E-state index contributed by atoms with van der Waals surface area (Å²) in [6.45, 7) is 0.807. The van der Waals surface area contributed by atoms with E-state index < -0.39 is 0 Å². The predicted octanol–water partition coefficient (Wildman–Crippen LogP) is 1.46. The number of benzene rings is 1. The Balaban J connectivity index is 2.27. The molecule has 1 atom stereocenters. The van der Waals surface area contributed by atoms with E-state index in [2.05, 4.69) is 10.1 Å². The molecule has 1 aromatic carbocycles. The summed E-state index contributed by atoms with van der Waals surface area (Å²) >= 11 is 0.